The highest BCUT2D eigenvalue weighted by Gasteiger charge is 2.79. The van der Waals surface area contributed by atoms with Gasteiger partial charge in [0.05, 0.1) is 0 Å². The summed E-state index contributed by atoms with van der Waals surface area (Å²) in [5.41, 5.74) is 9.62. The van der Waals surface area contributed by atoms with Crippen molar-refractivity contribution in [3.05, 3.63) is 85.9 Å². The maximum absolute atomic E-state index is 6.49. The first-order valence-electron chi connectivity index (χ1n) is 9.87. The zero-order chi connectivity index (χ0) is 24.5. The van der Waals surface area contributed by atoms with E-state index in [0.29, 0.717) is 0 Å². The van der Waals surface area contributed by atoms with Gasteiger partial charge in [0.25, 0.3) is 0 Å². The molecular formula is C14H22O12Si8. The van der Waals surface area contributed by atoms with Gasteiger partial charge >= 0.3 is 71.2 Å². The minimum atomic E-state index is -4.05. The van der Waals surface area contributed by atoms with Crippen LogP contribution in [0.1, 0.15) is 0 Å². The molecule has 20 heteroatoms. The van der Waals surface area contributed by atoms with Gasteiger partial charge in [-0.2, -0.15) is 0 Å². The van der Waals surface area contributed by atoms with E-state index in [1.807, 2.05) is 0 Å². The Bertz CT molecular complexity index is 870. The van der Waals surface area contributed by atoms with Crippen molar-refractivity contribution in [1.29, 1.82) is 0 Å². The molecular weight excluding hydrogens is 585 g/mol. The third-order valence-electron chi connectivity index (χ3n) is 5.09. The molecule has 6 rings (SSSR count). The SMILES string of the molecule is C=C[Si]12O[SiH]3O[Si]4(C=C)O[Si](C=C)(O1)O[Si]1(C=C)O[Si](C=C)(O2)O[Si](C=C)(O3)O[Si](C=C)(O4)O1. The Balaban J connectivity index is 1.88. The van der Waals surface area contributed by atoms with Crippen LogP contribution in [0.5, 0.6) is 0 Å². The lowest BCUT2D eigenvalue weighted by Gasteiger charge is -2.58. The van der Waals surface area contributed by atoms with Crippen LogP contribution in [0.4, 0.5) is 0 Å². The van der Waals surface area contributed by atoms with E-state index in [2.05, 4.69) is 46.1 Å². The Morgan fingerprint density at radius 2 is 0.500 bits per heavy atom. The topological polar surface area (TPSA) is 111 Å². The van der Waals surface area contributed by atoms with E-state index in [1.165, 1.54) is 39.9 Å². The molecule has 0 unspecified atom stereocenters. The smallest absolute Gasteiger partial charge is 0.372 e. The quantitative estimate of drug-likeness (QED) is 0.379. The second kappa shape index (κ2) is 7.96. The van der Waals surface area contributed by atoms with Gasteiger partial charge in [0.1, 0.15) is 0 Å². The molecule has 0 saturated carbocycles. The van der Waals surface area contributed by atoms with Crippen molar-refractivity contribution in [3.8, 4) is 0 Å². The third kappa shape index (κ3) is 3.64. The normalized spacial score (nSPS) is 53.2. The van der Waals surface area contributed by atoms with Gasteiger partial charge in [0.15, 0.2) is 0 Å². The first-order chi connectivity index (χ1) is 16.1. The number of rotatable bonds is 7. The van der Waals surface area contributed by atoms with Gasteiger partial charge in [-0.15, -0.1) is 46.1 Å². The summed E-state index contributed by atoms with van der Waals surface area (Å²) in [6.45, 7) is 27.1. The van der Waals surface area contributed by atoms with Crippen LogP contribution in [0.2, 0.25) is 0 Å². The summed E-state index contributed by atoms with van der Waals surface area (Å²) in [4.78, 5) is 0. The lowest BCUT2D eigenvalue weighted by molar-refractivity contribution is -0.000447. The Labute approximate surface area is 206 Å². The molecule has 34 heavy (non-hydrogen) atoms. The molecule has 0 radical (unpaired) electrons. The predicted octanol–water partition coefficient (Wildman–Crippen LogP) is 0.619. The van der Waals surface area contributed by atoms with Crippen LogP contribution in [-0.4, -0.2) is 71.2 Å². The van der Waals surface area contributed by atoms with Crippen LogP contribution in [0.25, 0.3) is 0 Å². The second-order valence-electron chi connectivity index (χ2n) is 7.21. The molecule has 6 heterocycles. The average molecular weight is 607 g/mol. The number of hydrogen-bond acceptors (Lipinski definition) is 12. The van der Waals surface area contributed by atoms with Gasteiger partial charge in [-0.25, -0.2) is 0 Å². The summed E-state index contributed by atoms with van der Waals surface area (Å²) in [7, 11) is -31.2. The van der Waals surface area contributed by atoms with Crippen molar-refractivity contribution in [2.75, 3.05) is 0 Å². The molecule has 182 valence electrons. The summed E-state index contributed by atoms with van der Waals surface area (Å²) in [5.74, 6) is 0. The molecule has 6 aliphatic heterocycles. The van der Waals surface area contributed by atoms with Crippen molar-refractivity contribution in [1.82, 2.24) is 0 Å². The summed E-state index contributed by atoms with van der Waals surface area (Å²) in [6.07, 6.45) is 0. The molecule has 6 saturated heterocycles. The molecule has 0 atom stereocenters. The second-order valence-corrected chi connectivity index (χ2v) is 29.3. The van der Waals surface area contributed by atoms with Crippen LogP contribution < -0.4 is 0 Å². The molecule has 0 amide bonds. The molecule has 0 aromatic carbocycles. The maximum atomic E-state index is 6.49. The minimum Gasteiger partial charge on any atom is -0.372 e. The molecule has 0 aliphatic carbocycles. The molecule has 6 aliphatic rings. The van der Waals surface area contributed by atoms with E-state index < -0.39 is 71.2 Å². The van der Waals surface area contributed by atoms with E-state index in [-0.39, 0.29) is 0 Å². The van der Waals surface area contributed by atoms with Crippen molar-refractivity contribution in [3.63, 3.8) is 0 Å². The van der Waals surface area contributed by atoms with Crippen LogP contribution in [0.3, 0.4) is 0 Å². The molecule has 12 nitrogen and oxygen atoms in total. The Morgan fingerprint density at radius 3 is 0.676 bits per heavy atom. The van der Waals surface area contributed by atoms with E-state index in [1.54, 1.807) is 0 Å². The summed E-state index contributed by atoms with van der Waals surface area (Å²) < 4.78 is 77.1. The Kier molecular flexibility index (Phi) is 5.88. The first kappa shape index (κ1) is 25.1. The van der Waals surface area contributed by atoms with E-state index in [4.69, 9.17) is 49.4 Å². The van der Waals surface area contributed by atoms with Crippen LogP contribution in [-0.2, 0) is 49.4 Å². The molecule has 6 fully saturated rings. The van der Waals surface area contributed by atoms with Crippen molar-refractivity contribution >= 4 is 71.2 Å². The van der Waals surface area contributed by atoms with Gasteiger partial charge in [-0.3, -0.25) is 0 Å². The van der Waals surface area contributed by atoms with Crippen LogP contribution >= 0.6 is 0 Å². The van der Waals surface area contributed by atoms with E-state index in [9.17, 15) is 0 Å². The summed E-state index contributed by atoms with van der Waals surface area (Å²) in [6, 6.07) is 0. The van der Waals surface area contributed by atoms with Crippen molar-refractivity contribution in [2.45, 2.75) is 0 Å². The zero-order valence-electron chi connectivity index (χ0n) is 18.0. The van der Waals surface area contributed by atoms with E-state index >= 15 is 0 Å². The lowest BCUT2D eigenvalue weighted by Crippen LogP contribution is -2.85. The summed E-state index contributed by atoms with van der Waals surface area (Å²) >= 11 is 0. The van der Waals surface area contributed by atoms with Gasteiger partial charge in [-0.05, 0) is 39.9 Å². The highest BCUT2D eigenvalue weighted by Crippen LogP contribution is 2.47. The lowest BCUT2D eigenvalue weighted by atomic mass is 11.3. The van der Waals surface area contributed by atoms with Crippen LogP contribution in [0.15, 0.2) is 85.9 Å². The third-order valence-corrected chi connectivity index (χ3v) is 35.3. The van der Waals surface area contributed by atoms with Gasteiger partial charge in [0, 0.05) is 0 Å². The Hall–Kier alpha value is -0.565. The van der Waals surface area contributed by atoms with E-state index in [0.717, 1.165) is 0 Å². The molecule has 0 aromatic heterocycles. The number of hydrogen-bond donors (Lipinski definition) is 0. The first-order valence-corrected chi connectivity index (χ1v) is 23.9. The largest absolute Gasteiger partial charge is 0.507 e. The van der Waals surface area contributed by atoms with Crippen LogP contribution in [0, 0.1) is 0 Å². The molecule has 0 aromatic rings. The summed E-state index contributed by atoms with van der Waals surface area (Å²) in [5, 5.41) is 0. The fourth-order valence-corrected chi connectivity index (χ4v) is 42.0. The maximum Gasteiger partial charge on any atom is 0.507 e. The van der Waals surface area contributed by atoms with Gasteiger partial charge in [-0.1, -0.05) is 0 Å². The molecule has 8 bridgehead atoms. The molecule has 0 spiro atoms. The average Bonchev–Trinajstić information content (AvgIpc) is 2.77. The highest BCUT2D eigenvalue weighted by molar-refractivity contribution is 7.05. The highest BCUT2D eigenvalue weighted by atomic mass is 28.6. The van der Waals surface area contributed by atoms with Gasteiger partial charge < -0.3 is 49.4 Å². The predicted molar refractivity (Wildman–Crippen MR) is 132 cm³/mol. The molecule has 0 N–H and O–H groups in total. The van der Waals surface area contributed by atoms with Crippen molar-refractivity contribution in [2.24, 2.45) is 0 Å². The minimum absolute atomic E-state index is 1.37. The standard InChI is InChI=1S/C14H22O12Si8/c1-8-28-15-27-16-29(9-2)20-31(11-4,18-28)24-34(14-7)25-32(12-5,19-28)21-30(10-3,17-27)23-33(13-6,22-29)26-34/h8-14,27H,1-7H2. The Morgan fingerprint density at radius 1 is 0.324 bits per heavy atom. The fourth-order valence-electron chi connectivity index (χ4n) is 3.61. The van der Waals surface area contributed by atoms with Crippen molar-refractivity contribution < 1.29 is 49.4 Å². The van der Waals surface area contributed by atoms with Gasteiger partial charge in [0.2, 0.25) is 0 Å². The zero-order valence-corrected chi connectivity index (χ0v) is 26.1. The fraction of sp³-hybridized carbons (Fsp3) is 0. The monoisotopic (exact) mass is 606 g/mol.